The summed E-state index contributed by atoms with van der Waals surface area (Å²) < 4.78 is 17.2. The summed E-state index contributed by atoms with van der Waals surface area (Å²) in [5.41, 5.74) is 22.4. The first-order chi connectivity index (χ1) is 52.5. The Labute approximate surface area is 608 Å². The molecular weight excluding hydrogens is 1300 g/mol. The van der Waals surface area contributed by atoms with E-state index >= 15 is 0 Å². The van der Waals surface area contributed by atoms with Crippen LogP contribution in [0.5, 0.6) is 0 Å². The van der Waals surface area contributed by atoms with Crippen LogP contribution in [0.1, 0.15) is 0 Å². The van der Waals surface area contributed by atoms with E-state index in [0.717, 1.165) is 160 Å². The summed E-state index contributed by atoms with van der Waals surface area (Å²) in [7, 11) is 0. The SMILES string of the molecule is c1ccc(-c2ccc(-c3nc(-c4cccc(-c5ccccc5)c4)nc(-n4c5ccccc5c5cc(-c6cccc7c6oc6ccccc67)ccc54)n3)cc2)cc1.c1ccc(-c2ccc(-c3nc(-c4ccccc4)nc(-n4c5ccccc5c5cc(-c6cccc7c6oc6ccccc67)ccc54)n3)cc2)cc1. The molecule has 0 aliphatic heterocycles. The maximum Gasteiger partial charge on any atom is 0.238 e. The topological polar surface area (TPSA) is 113 Å². The molecule has 21 aromatic rings. The third-order valence-corrected chi connectivity index (χ3v) is 20.2. The molecule has 0 aliphatic carbocycles. The molecule has 0 spiro atoms. The fraction of sp³-hybridized carbons (Fsp3) is 0. The van der Waals surface area contributed by atoms with Crippen LogP contribution in [-0.4, -0.2) is 39.0 Å². The van der Waals surface area contributed by atoms with Gasteiger partial charge in [-0.25, -0.2) is 9.97 Å². The van der Waals surface area contributed by atoms with Gasteiger partial charge in [0.1, 0.15) is 22.3 Å². The molecule has 0 saturated heterocycles. The molecule has 6 aromatic heterocycles. The molecule has 0 amide bonds. The standard InChI is InChI=1S/C51H32N4O.C45H28N4O/c1-3-13-33(14-4-1)35-25-27-36(28-26-35)49-52-50(39-18-11-17-37(31-39)34-15-5-2-6-16-34)54-51(53-49)55-45-23-9-7-19-41(45)44-32-38(29-30-46(44)55)40-21-12-22-43-42-20-8-10-24-47(42)56-48(40)43;1-3-12-29(13-4-1)30-22-24-32(25-23-30)44-46-43(31-14-5-2-6-15-31)47-45(48-44)49-39-20-9-7-16-35(39)38-28-33(26-27-40(38)49)34-18-11-19-37-36-17-8-10-21-41(36)50-42(34)37/h1-32H;1-28H. The van der Waals surface area contributed by atoms with E-state index in [1.165, 1.54) is 5.56 Å². The van der Waals surface area contributed by atoms with Crippen LogP contribution >= 0.6 is 0 Å². The predicted molar refractivity (Wildman–Crippen MR) is 432 cm³/mol. The van der Waals surface area contributed by atoms with E-state index in [4.69, 9.17) is 38.7 Å². The first-order valence-electron chi connectivity index (χ1n) is 35.5. The number of hydrogen-bond acceptors (Lipinski definition) is 8. The summed E-state index contributed by atoms with van der Waals surface area (Å²) in [6.45, 7) is 0. The van der Waals surface area contributed by atoms with Gasteiger partial charge in [-0.3, -0.25) is 9.13 Å². The Hall–Kier alpha value is -14.5. The first kappa shape index (κ1) is 61.4. The van der Waals surface area contributed by atoms with Crippen molar-refractivity contribution in [1.29, 1.82) is 0 Å². The Balaban J connectivity index is 0.000000141. The van der Waals surface area contributed by atoms with Crippen molar-refractivity contribution in [2.45, 2.75) is 0 Å². The average molecular weight is 1360 g/mol. The van der Waals surface area contributed by atoms with Gasteiger partial charge >= 0.3 is 0 Å². The van der Waals surface area contributed by atoms with Gasteiger partial charge in [0, 0.05) is 76.5 Å². The van der Waals surface area contributed by atoms with E-state index in [1.54, 1.807) is 0 Å². The molecule has 0 radical (unpaired) electrons. The molecular formula is C96H60N8O2. The molecule has 106 heavy (non-hydrogen) atoms. The van der Waals surface area contributed by atoms with Gasteiger partial charge < -0.3 is 8.83 Å². The van der Waals surface area contributed by atoms with Gasteiger partial charge in [0.05, 0.1) is 22.1 Å². The number of furan rings is 2. The van der Waals surface area contributed by atoms with Crippen LogP contribution in [0.2, 0.25) is 0 Å². The first-order valence-corrected chi connectivity index (χ1v) is 35.5. The van der Waals surface area contributed by atoms with E-state index in [1.807, 2.05) is 72.8 Å². The van der Waals surface area contributed by atoms with Gasteiger partial charge in [-0.1, -0.05) is 309 Å². The summed E-state index contributed by atoms with van der Waals surface area (Å²) in [6, 6.07) is 126. The molecule has 496 valence electrons. The van der Waals surface area contributed by atoms with Crippen LogP contribution < -0.4 is 0 Å². The largest absolute Gasteiger partial charge is 0.455 e. The average Bonchev–Trinajstić information content (AvgIpc) is 1.58. The number of nitrogens with zero attached hydrogens (tertiary/aromatic N) is 8. The molecule has 0 fully saturated rings. The summed E-state index contributed by atoms with van der Waals surface area (Å²) >= 11 is 0. The molecule has 10 heteroatoms. The van der Waals surface area contributed by atoms with Crippen LogP contribution in [0, 0.1) is 0 Å². The van der Waals surface area contributed by atoms with Crippen LogP contribution in [0.3, 0.4) is 0 Å². The fourth-order valence-corrected chi connectivity index (χ4v) is 15.0. The van der Waals surface area contributed by atoms with Crippen molar-refractivity contribution < 1.29 is 8.83 Å². The number of para-hydroxylation sites is 6. The van der Waals surface area contributed by atoms with Gasteiger partial charge in [-0.05, 0) is 99.1 Å². The number of hydrogen-bond donors (Lipinski definition) is 0. The lowest BCUT2D eigenvalue weighted by atomic mass is 10.0. The lowest BCUT2D eigenvalue weighted by Gasteiger charge is -2.12. The second kappa shape index (κ2) is 25.8. The highest BCUT2D eigenvalue weighted by atomic mass is 16.3. The summed E-state index contributed by atoms with van der Waals surface area (Å²) in [4.78, 5) is 30.9. The van der Waals surface area contributed by atoms with Crippen molar-refractivity contribution in [2.75, 3.05) is 0 Å². The molecule has 10 nitrogen and oxygen atoms in total. The highest BCUT2D eigenvalue weighted by Crippen LogP contribution is 2.43. The Morgan fingerprint density at radius 3 is 0.915 bits per heavy atom. The molecule has 0 N–H and O–H groups in total. The second-order valence-corrected chi connectivity index (χ2v) is 26.5. The highest BCUT2D eigenvalue weighted by molar-refractivity contribution is 6.15. The number of rotatable bonds is 11. The quantitative estimate of drug-likeness (QED) is 0.126. The van der Waals surface area contributed by atoms with Crippen molar-refractivity contribution in [3.63, 3.8) is 0 Å². The lowest BCUT2D eigenvalue weighted by molar-refractivity contribution is 0.669. The van der Waals surface area contributed by atoms with E-state index in [9.17, 15) is 0 Å². The fourth-order valence-electron chi connectivity index (χ4n) is 15.0. The third-order valence-electron chi connectivity index (χ3n) is 20.2. The van der Waals surface area contributed by atoms with Crippen LogP contribution in [-0.2, 0) is 0 Å². The van der Waals surface area contributed by atoms with Gasteiger partial charge in [0.2, 0.25) is 11.9 Å². The van der Waals surface area contributed by atoms with E-state index in [-0.39, 0.29) is 0 Å². The molecule has 0 atom stereocenters. The minimum atomic E-state index is 0.556. The van der Waals surface area contributed by atoms with Gasteiger partial charge in [-0.15, -0.1) is 0 Å². The number of benzene rings is 15. The molecule has 21 rings (SSSR count). The van der Waals surface area contributed by atoms with E-state index < -0.39 is 0 Å². The van der Waals surface area contributed by atoms with E-state index in [2.05, 4.69) is 300 Å². The summed E-state index contributed by atoms with van der Waals surface area (Å²) in [5.74, 6) is 3.58. The van der Waals surface area contributed by atoms with Crippen LogP contribution in [0.4, 0.5) is 0 Å². The zero-order chi connectivity index (χ0) is 70.0. The Kier molecular flexibility index (Phi) is 15.0. The maximum atomic E-state index is 6.46. The number of aromatic nitrogens is 8. The molecule has 0 aliphatic rings. The van der Waals surface area contributed by atoms with Gasteiger partial charge in [0.15, 0.2) is 23.3 Å². The van der Waals surface area contributed by atoms with Gasteiger partial charge in [0.25, 0.3) is 0 Å². The predicted octanol–water partition coefficient (Wildman–Crippen LogP) is 24.7. The molecule has 0 saturated carbocycles. The van der Waals surface area contributed by atoms with Crippen molar-refractivity contribution in [1.82, 2.24) is 39.0 Å². The molecule has 15 aromatic carbocycles. The normalized spacial score (nSPS) is 11.6. The third kappa shape index (κ3) is 10.9. The van der Waals surface area contributed by atoms with Crippen molar-refractivity contribution in [2.24, 2.45) is 0 Å². The summed E-state index contributed by atoms with van der Waals surface area (Å²) in [6.07, 6.45) is 0. The minimum absolute atomic E-state index is 0.556. The van der Waals surface area contributed by atoms with Gasteiger partial charge in [-0.2, -0.15) is 19.9 Å². The molecule has 0 unspecified atom stereocenters. The van der Waals surface area contributed by atoms with Crippen LogP contribution in [0.25, 0.3) is 201 Å². The van der Waals surface area contributed by atoms with E-state index in [0.29, 0.717) is 35.2 Å². The Morgan fingerprint density at radius 2 is 0.472 bits per heavy atom. The van der Waals surface area contributed by atoms with Crippen molar-refractivity contribution >= 4 is 87.5 Å². The maximum absolute atomic E-state index is 6.46. The zero-order valence-corrected chi connectivity index (χ0v) is 57.0. The molecule has 6 heterocycles. The number of fused-ring (bicyclic) bond motifs is 12. The smallest absolute Gasteiger partial charge is 0.238 e. The van der Waals surface area contributed by atoms with Crippen molar-refractivity contribution in [3.8, 4) is 113 Å². The Bertz CT molecular complexity index is 6930. The molecule has 0 bridgehead atoms. The highest BCUT2D eigenvalue weighted by Gasteiger charge is 2.23. The second-order valence-electron chi connectivity index (χ2n) is 26.5. The monoisotopic (exact) mass is 1360 g/mol. The van der Waals surface area contributed by atoms with Crippen LogP contribution in [0.15, 0.2) is 373 Å². The minimum Gasteiger partial charge on any atom is -0.455 e. The summed E-state index contributed by atoms with van der Waals surface area (Å²) in [5, 5.41) is 8.92. The zero-order valence-electron chi connectivity index (χ0n) is 57.0. The van der Waals surface area contributed by atoms with Crippen molar-refractivity contribution in [3.05, 3.63) is 364 Å². The lowest BCUT2D eigenvalue weighted by Crippen LogP contribution is -2.06. The Morgan fingerprint density at radius 1 is 0.179 bits per heavy atom.